The van der Waals surface area contributed by atoms with E-state index in [1.165, 1.54) is 11.0 Å². The number of carbonyl (C=O) groups excluding carboxylic acids is 2. The molecule has 0 radical (unpaired) electrons. The molecule has 1 aliphatic rings. The molecule has 3 aromatic carbocycles. The first-order valence-corrected chi connectivity index (χ1v) is 11.1. The predicted octanol–water partition coefficient (Wildman–Crippen LogP) is 4.72. The highest BCUT2D eigenvalue weighted by atomic mass is 32.1. The molecule has 0 spiro atoms. The van der Waals surface area contributed by atoms with Crippen molar-refractivity contribution in [3.8, 4) is 11.5 Å². The predicted molar refractivity (Wildman–Crippen MR) is 136 cm³/mol. The molecule has 0 unspecified atom stereocenters. The molecule has 0 saturated carbocycles. The third-order valence-electron chi connectivity index (χ3n) is 5.30. The van der Waals surface area contributed by atoms with E-state index >= 15 is 0 Å². The quantitative estimate of drug-likeness (QED) is 0.319. The van der Waals surface area contributed by atoms with Gasteiger partial charge in [0.05, 0.1) is 12.8 Å². The van der Waals surface area contributed by atoms with Crippen LogP contribution in [-0.4, -0.2) is 24.0 Å². The van der Waals surface area contributed by atoms with Gasteiger partial charge in [-0.25, -0.2) is 0 Å². The Morgan fingerprint density at radius 3 is 2.32 bits per heavy atom. The van der Waals surface area contributed by atoms with Gasteiger partial charge in [-0.15, -0.1) is 0 Å². The van der Waals surface area contributed by atoms with Crippen LogP contribution >= 0.6 is 12.2 Å². The molecule has 0 atom stereocenters. The molecule has 4 rings (SSSR count). The van der Waals surface area contributed by atoms with E-state index in [1.807, 2.05) is 62.4 Å². The lowest BCUT2D eigenvalue weighted by molar-refractivity contribution is -0.122. The fourth-order valence-corrected chi connectivity index (χ4v) is 4.05. The van der Waals surface area contributed by atoms with Crippen molar-refractivity contribution in [2.45, 2.75) is 20.5 Å². The minimum Gasteiger partial charge on any atom is -0.493 e. The Bertz CT molecular complexity index is 1280. The monoisotopic (exact) mass is 472 g/mol. The number of ether oxygens (including phenoxy) is 2. The second-order valence-electron chi connectivity index (χ2n) is 7.99. The summed E-state index contributed by atoms with van der Waals surface area (Å²) in [4.78, 5) is 27.3. The lowest BCUT2D eigenvalue weighted by Gasteiger charge is -2.29. The molecule has 34 heavy (non-hydrogen) atoms. The topological polar surface area (TPSA) is 67.9 Å². The molecule has 0 aliphatic carbocycles. The Labute approximate surface area is 203 Å². The summed E-state index contributed by atoms with van der Waals surface area (Å²) in [5, 5.41) is 2.67. The van der Waals surface area contributed by atoms with Gasteiger partial charge in [0.2, 0.25) is 0 Å². The summed E-state index contributed by atoms with van der Waals surface area (Å²) >= 11 is 5.30. The SMILES string of the molecule is COc1cc(C=C2C(=O)NC(=S)N(c3cc(C)cc(C)c3)C2=O)ccc1OCc1ccccc1. The number of benzene rings is 3. The van der Waals surface area contributed by atoms with Gasteiger partial charge in [-0.2, -0.15) is 0 Å². The number of thiocarbonyl (C=S) groups is 1. The summed E-state index contributed by atoms with van der Waals surface area (Å²) in [6.45, 7) is 4.27. The van der Waals surface area contributed by atoms with Crippen LogP contribution in [0.15, 0.2) is 72.3 Å². The molecule has 172 valence electrons. The summed E-state index contributed by atoms with van der Waals surface area (Å²) in [5.41, 5.74) is 4.22. The van der Waals surface area contributed by atoms with Gasteiger partial charge in [0, 0.05) is 0 Å². The van der Waals surface area contributed by atoms with Crippen molar-refractivity contribution in [3.05, 3.63) is 94.6 Å². The molecule has 1 fully saturated rings. The first kappa shape index (κ1) is 23.2. The molecule has 0 bridgehead atoms. The fourth-order valence-electron chi connectivity index (χ4n) is 3.77. The van der Waals surface area contributed by atoms with Gasteiger partial charge >= 0.3 is 0 Å². The van der Waals surface area contributed by atoms with Gasteiger partial charge < -0.3 is 9.47 Å². The number of anilines is 1. The lowest BCUT2D eigenvalue weighted by Crippen LogP contribution is -2.54. The molecular formula is C27H24N2O4S. The molecule has 3 aromatic rings. The fraction of sp³-hybridized carbons (Fsp3) is 0.148. The van der Waals surface area contributed by atoms with E-state index in [-0.39, 0.29) is 10.7 Å². The average molecular weight is 473 g/mol. The number of nitrogens with zero attached hydrogens (tertiary/aromatic N) is 1. The third kappa shape index (κ3) is 5.00. The highest BCUT2D eigenvalue weighted by Crippen LogP contribution is 2.31. The maximum absolute atomic E-state index is 13.3. The van der Waals surface area contributed by atoms with Gasteiger partial charge in [-0.05, 0) is 78.7 Å². The van der Waals surface area contributed by atoms with E-state index in [1.54, 1.807) is 25.3 Å². The van der Waals surface area contributed by atoms with E-state index in [9.17, 15) is 9.59 Å². The first-order valence-electron chi connectivity index (χ1n) is 10.7. The largest absolute Gasteiger partial charge is 0.493 e. The van der Waals surface area contributed by atoms with Crippen LogP contribution in [0, 0.1) is 13.8 Å². The highest BCUT2D eigenvalue weighted by Gasteiger charge is 2.34. The van der Waals surface area contributed by atoms with Crippen LogP contribution in [0.25, 0.3) is 6.08 Å². The van der Waals surface area contributed by atoms with E-state index in [2.05, 4.69) is 5.32 Å². The zero-order valence-electron chi connectivity index (χ0n) is 19.1. The van der Waals surface area contributed by atoms with Crippen LogP contribution in [0.1, 0.15) is 22.3 Å². The number of hydrogen-bond donors (Lipinski definition) is 1. The zero-order chi connectivity index (χ0) is 24.2. The van der Waals surface area contributed by atoms with Crippen LogP contribution in [0.3, 0.4) is 0 Å². The number of amides is 2. The summed E-state index contributed by atoms with van der Waals surface area (Å²) in [5.74, 6) is 0.0303. The van der Waals surface area contributed by atoms with Crippen LogP contribution in [0.2, 0.25) is 0 Å². The van der Waals surface area contributed by atoms with Gasteiger partial charge in [-0.3, -0.25) is 19.8 Å². The van der Waals surface area contributed by atoms with E-state index in [4.69, 9.17) is 21.7 Å². The standard InChI is InChI=1S/C27H24N2O4S/c1-17-11-18(2)13-21(12-17)29-26(31)22(25(30)28-27(29)34)14-20-9-10-23(24(15-20)32-3)33-16-19-7-5-4-6-8-19/h4-15H,16H2,1-3H3,(H,28,30,34). The molecule has 2 amide bonds. The number of rotatable bonds is 6. The third-order valence-corrected chi connectivity index (χ3v) is 5.59. The van der Waals surface area contributed by atoms with E-state index in [0.29, 0.717) is 29.4 Å². The summed E-state index contributed by atoms with van der Waals surface area (Å²) in [6.07, 6.45) is 1.53. The maximum atomic E-state index is 13.3. The summed E-state index contributed by atoms with van der Waals surface area (Å²) < 4.78 is 11.4. The smallest absolute Gasteiger partial charge is 0.270 e. The van der Waals surface area contributed by atoms with Crippen LogP contribution in [-0.2, 0) is 16.2 Å². The minimum atomic E-state index is -0.543. The van der Waals surface area contributed by atoms with Crippen molar-refractivity contribution in [2.24, 2.45) is 0 Å². The Morgan fingerprint density at radius 1 is 0.941 bits per heavy atom. The average Bonchev–Trinajstić information content (AvgIpc) is 2.80. The van der Waals surface area contributed by atoms with E-state index in [0.717, 1.165) is 16.7 Å². The highest BCUT2D eigenvalue weighted by molar-refractivity contribution is 7.80. The van der Waals surface area contributed by atoms with Crippen molar-refractivity contribution in [1.82, 2.24) is 5.32 Å². The number of aryl methyl sites for hydroxylation is 2. The summed E-state index contributed by atoms with van der Waals surface area (Å²) in [7, 11) is 1.54. The van der Waals surface area contributed by atoms with Gasteiger partial charge in [0.15, 0.2) is 16.6 Å². The Kier molecular flexibility index (Phi) is 6.75. The number of hydrogen-bond acceptors (Lipinski definition) is 5. The molecule has 1 heterocycles. The lowest BCUT2D eigenvalue weighted by atomic mass is 10.1. The van der Waals surface area contributed by atoms with Crippen molar-refractivity contribution < 1.29 is 19.1 Å². The Balaban J connectivity index is 1.62. The second-order valence-corrected chi connectivity index (χ2v) is 8.38. The number of nitrogens with one attached hydrogen (secondary N) is 1. The number of carbonyl (C=O) groups is 2. The molecule has 0 aromatic heterocycles. The van der Waals surface area contributed by atoms with E-state index < -0.39 is 11.8 Å². The zero-order valence-corrected chi connectivity index (χ0v) is 19.9. The van der Waals surface area contributed by atoms with Crippen LogP contribution in [0.5, 0.6) is 11.5 Å². The van der Waals surface area contributed by atoms with Crippen molar-refractivity contribution in [1.29, 1.82) is 0 Å². The van der Waals surface area contributed by atoms with Gasteiger partial charge in [0.25, 0.3) is 11.8 Å². The van der Waals surface area contributed by atoms with Crippen molar-refractivity contribution in [2.75, 3.05) is 12.0 Å². The van der Waals surface area contributed by atoms with Crippen molar-refractivity contribution >= 4 is 40.9 Å². The molecule has 7 heteroatoms. The second kappa shape index (κ2) is 9.89. The first-order chi connectivity index (χ1) is 16.4. The molecule has 1 N–H and O–H groups in total. The molecular weight excluding hydrogens is 448 g/mol. The van der Waals surface area contributed by atoms with Crippen molar-refractivity contribution in [3.63, 3.8) is 0 Å². The maximum Gasteiger partial charge on any atom is 0.270 e. The summed E-state index contributed by atoms with van der Waals surface area (Å²) in [6, 6.07) is 20.8. The minimum absolute atomic E-state index is 0.0206. The number of methoxy groups -OCH3 is 1. The van der Waals surface area contributed by atoms with Gasteiger partial charge in [0.1, 0.15) is 12.2 Å². The van der Waals surface area contributed by atoms with Crippen LogP contribution in [0.4, 0.5) is 5.69 Å². The van der Waals surface area contributed by atoms with Gasteiger partial charge in [-0.1, -0.05) is 42.5 Å². The normalized spacial score (nSPS) is 14.9. The molecule has 6 nitrogen and oxygen atoms in total. The Morgan fingerprint density at radius 2 is 1.65 bits per heavy atom. The van der Waals surface area contributed by atoms with Crippen LogP contribution < -0.4 is 19.7 Å². The molecule has 1 aliphatic heterocycles. The molecule has 1 saturated heterocycles. The Hall–Kier alpha value is -3.97.